The third kappa shape index (κ3) is 5.08. The van der Waals surface area contributed by atoms with Crippen LogP contribution in [0.15, 0.2) is 53.3 Å². The Bertz CT molecular complexity index is 1290. The van der Waals surface area contributed by atoms with Crippen molar-refractivity contribution in [3.8, 4) is 28.6 Å². The Morgan fingerprint density at radius 3 is 2.28 bits per heavy atom. The minimum absolute atomic E-state index is 0.0570. The largest absolute Gasteiger partial charge is 0.352 e. The molecule has 2 saturated heterocycles. The number of nitrogens with one attached hydrogen (secondary N) is 1. The highest BCUT2D eigenvalue weighted by Crippen LogP contribution is 2.33. The molecule has 6 heteroatoms. The van der Waals surface area contributed by atoms with E-state index in [9.17, 15) is 10.1 Å². The van der Waals surface area contributed by atoms with E-state index in [4.69, 9.17) is 4.98 Å². The van der Waals surface area contributed by atoms with Crippen LogP contribution in [0, 0.1) is 30.1 Å². The van der Waals surface area contributed by atoms with Crippen molar-refractivity contribution in [2.75, 3.05) is 31.1 Å². The zero-order valence-electron chi connectivity index (χ0n) is 21.3. The smallest absolute Gasteiger partial charge is 0.293 e. The van der Waals surface area contributed by atoms with E-state index in [1.807, 2.05) is 43.4 Å². The van der Waals surface area contributed by atoms with Gasteiger partial charge in [0.05, 0.1) is 23.0 Å². The van der Waals surface area contributed by atoms with Crippen LogP contribution in [0.3, 0.4) is 0 Å². The van der Waals surface area contributed by atoms with Crippen molar-refractivity contribution in [1.82, 2.24) is 14.9 Å². The van der Waals surface area contributed by atoms with E-state index in [1.54, 1.807) is 4.57 Å². The lowest BCUT2D eigenvalue weighted by Gasteiger charge is -2.33. The molecule has 3 aromatic rings. The van der Waals surface area contributed by atoms with Gasteiger partial charge in [-0.15, -0.1) is 0 Å². The van der Waals surface area contributed by atoms with Crippen molar-refractivity contribution in [3.05, 3.63) is 70.0 Å². The maximum absolute atomic E-state index is 13.6. The summed E-state index contributed by atoms with van der Waals surface area (Å²) in [5.41, 5.74) is 5.15. The average molecular weight is 482 g/mol. The molecule has 1 aromatic heterocycles. The van der Waals surface area contributed by atoms with Crippen LogP contribution in [0.5, 0.6) is 0 Å². The Balaban J connectivity index is 1.45. The Hall–Kier alpha value is -3.43. The fraction of sp³-hybridized carbons (Fsp3) is 0.433. The summed E-state index contributed by atoms with van der Waals surface area (Å²) in [6, 6.07) is 17.9. The highest BCUT2D eigenvalue weighted by atomic mass is 16.1. The molecule has 2 fully saturated rings. The molecule has 1 N–H and O–H groups in total. The molecule has 0 aliphatic carbocycles. The molecule has 1 atom stereocenters. The topological polar surface area (TPSA) is 74.0 Å². The first-order valence-corrected chi connectivity index (χ1v) is 13.2. The molecule has 3 heterocycles. The van der Waals surface area contributed by atoms with Gasteiger partial charge in [-0.25, -0.2) is 4.98 Å². The van der Waals surface area contributed by atoms with Crippen LogP contribution >= 0.6 is 0 Å². The summed E-state index contributed by atoms with van der Waals surface area (Å²) >= 11 is 0. The van der Waals surface area contributed by atoms with Crippen LogP contribution in [0.4, 0.5) is 5.82 Å². The summed E-state index contributed by atoms with van der Waals surface area (Å²) in [6.45, 7) is 6.13. The lowest BCUT2D eigenvalue weighted by Crippen LogP contribution is -2.39. The van der Waals surface area contributed by atoms with Crippen LogP contribution in [-0.2, 0) is 7.05 Å². The fourth-order valence-electron chi connectivity index (χ4n) is 5.63. The van der Waals surface area contributed by atoms with Gasteiger partial charge in [-0.1, -0.05) is 48.4 Å². The van der Waals surface area contributed by atoms with Gasteiger partial charge in [0.25, 0.3) is 5.56 Å². The molecule has 0 bridgehead atoms. The molecule has 0 amide bonds. The minimum Gasteiger partial charge on any atom is -0.352 e. The van der Waals surface area contributed by atoms with Gasteiger partial charge in [0.1, 0.15) is 0 Å². The maximum Gasteiger partial charge on any atom is 0.293 e. The third-order valence-electron chi connectivity index (χ3n) is 7.95. The number of piperidine rings is 1. The van der Waals surface area contributed by atoms with E-state index in [0.717, 1.165) is 66.8 Å². The number of nitriles is 1. The van der Waals surface area contributed by atoms with Gasteiger partial charge in [0, 0.05) is 31.3 Å². The summed E-state index contributed by atoms with van der Waals surface area (Å²) in [5, 5.41) is 12.7. The number of hydrogen-bond acceptors (Lipinski definition) is 5. The molecule has 0 radical (unpaired) electrons. The van der Waals surface area contributed by atoms with Crippen LogP contribution in [-0.4, -0.2) is 35.7 Å². The van der Waals surface area contributed by atoms with Crippen LogP contribution in [0.1, 0.15) is 43.2 Å². The Morgan fingerprint density at radius 1 is 0.972 bits per heavy atom. The van der Waals surface area contributed by atoms with Crippen LogP contribution in [0.2, 0.25) is 0 Å². The first-order chi connectivity index (χ1) is 17.5. The summed E-state index contributed by atoms with van der Waals surface area (Å²) in [4.78, 5) is 20.8. The SMILES string of the molecule is Cc1ccc(-c2c(-c3ccc(C#N)cc3)nc(N3CCC(CC[C@H]4CCNC4)CC3)c(=O)n2C)cc1. The number of anilines is 1. The average Bonchev–Trinajstić information content (AvgIpc) is 3.44. The number of rotatable bonds is 6. The number of aryl methyl sites for hydroxylation is 1. The van der Waals surface area contributed by atoms with E-state index in [2.05, 4.69) is 35.3 Å². The molecule has 36 heavy (non-hydrogen) atoms. The zero-order valence-corrected chi connectivity index (χ0v) is 21.3. The molecule has 2 aliphatic rings. The number of nitrogens with zero attached hydrogens (tertiary/aromatic N) is 4. The molecule has 2 aromatic carbocycles. The first kappa shape index (κ1) is 24.3. The first-order valence-electron chi connectivity index (χ1n) is 13.2. The van der Waals surface area contributed by atoms with E-state index in [-0.39, 0.29) is 5.56 Å². The highest BCUT2D eigenvalue weighted by molar-refractivity contribution is 5.79. The second-order valence-corrected chi connectivity index (χ2v) is 10.4. The molecule has 2 aliphatic heterocycles. The quantitative estimate of drug-likeness (QED) is 0.542. The monoisotopic (exact) mass is 481 g/mol. The standard InChI is InChI=1S/C30H35N5O/c1-21-3-9-26(10-4-21)28-27(25-11-7-23(19-31)8-12-25)33-29(30(36)34(28)2)35-17-14-22(15-18-35)5-6-24-13-16-32-20-24/h3-4,7-12,22,24,32H,5-6,13-18,20H2,1-2H3/t24-/m0/s1. The zero-order chi connectivity index (χ0) is 25.1. The molecular weight excluding hydrogens is 446 g/mol. The van der Waals surface area contributed by atoms with Gasteiger partial charge in [0.2, 0.25) is 0 Å². The summed E-state index contributed by atoms with van der Waals surface area (Å²) < 4.78 is 1.75. The van der Waals surface area contributed by atoms with Gasteiger partial charge >= 0.3 is 0 Å². The molecule has 186 valence electrons. The van der Waals surface area contributed by atoms with Gasteiger partial charge in [-0.2, -0.15) is 5.26 Å². The van der Waals surface area contributed by atoms with Crippen molar-refractivity contribution < 1.29 is 0 Å². The van der Waals surface area contributed by atoms with Gasteiger partial charge in [-0.05, 0) is 69.7 Å². The van der Waals surface area contributed by atoms with Crippen molar-refractivity contribution in [3.63, 3.8) is 0 Å². The summed E-state index contributed by atoms with van der Waals surface area (Å²) in [7, 11) is 1.85. The normalized spacial score (nSPS) is 18.4. The number of hydrogen-bond donors (Lipinski definition) is 1. The lowest BCUT2D eigenvalue weighted by molar-refractivity contribution is 0.343. The molecule has 0 saturated carbocycles. The van der Waals surface area contributed by atoms with E-state index in [1.165, 1.54) is 31.4 Å². The van der Waals surface area contributed by atoms with Crippen molar-refractivity contribution >= 4 is 5.82 Å². The van der Waals surface area contributed by atoms with Gasteiger partial charge < -0.3 is 14.8 Å². The lowest BCUT2D eigenvalue weighted by atomic mass is 9.88. The minimum atomic E-state index is -0.0570. The van der Waals surface area contributed by atoms with Gasteiger partial charge in [0.15, 0.2) is 5.82 Å². The molecule has 0 spiro atoms. The number of aromatic nitrogens is 2. The fourth-order valence-corrected chi connectivity index (χ4v) is 5.63. The third-order valence-corrected chi connectivity index (χ3v) is 7.95. The Labute approximate surface area is 213 Å². The molecule has 5 rings (SSSR count). The molecule has 6 nitrogen and oxygen atoms in total. The van der Waals surface area contributed by atoms with E-state index >= 15 is 0 Å². The van der Waals surface area contributed by atoms with Crippen molar-refractivity contribution in [2.24, 2.45) is 18.9 Å². The van der Waals surface area contributed by atoms with Crippen LogP contribution < -0.4 is 15.8 Å². The highest BCUT2D eigenvalue weighted by Gasteiger charge is 2.26. The Kier molecular flexibility index (Phi) is 7.20. The second kappa shape index (κ2) is 10.7. The molecular formula is C30H35N5O. The van der Waals surface area contributed by atoms with E-state index < -0.39 is 0 Å². The number of benzene rings is 2. The second-order valence-electron chi connectivity index (χ2n) is 10.4. The predicted molar refractivity (Wildman–Crippen MR) is 145 cm³/mol. The summed E-state index contributed by atoms with van der Waals surface area (Å²) in [5.74, 6) is 2.10. The maximum atomic E-state index is 13.6. The predicted octanol–water partition coefficient (Wildman–Crippen LogP) is 4.90. The van der Waals surface area contributed by atoms with Crippen molar-refractivity contribution in [2.45, 2.75) is 39.0 Å². The van der Waals surface area contributed by atoms with E-state index in [0.29, 0.717) is 11.4 Å². The van der Waals surface area contributed by atoms with Crippen LogP contribution in [0.25, 0.3) is 22.5 Å². The Morgan fingerprint density at radius 2 is 1.64 bits per heavy atom. The molecule has 0 unspecified atom stereocenters. The van der Waals surface area contributed by atoms with Gasteiger partial charge in [-0.3, -0.25) is 4.79 Å². The van der Waals surface area contributed by atoms with Crippen molar-refractivity contribution in [1.29, 1.82) is 5.26 Å². The summed E-state index contributed by atoms with van der Waals surface area (Å²) in [6.07, 6.45) is 6.12.